The van der Waals surface area contributed by atoms with Crippen molar-refractivity contribution in [3.8, 4) is 11.8 Å². The number of nitrogens with zero attached hydrogens (tertiary/aromatic N) is 1. The topological polar surface area (TPSA) is 62.1 Å². The Bertz CT molecular complexity index is 967. The quantitative estimate of drug-likeness (QED) is 0.347. The number of benzene rings is 2. The standard InChI is InChI=1S/C24H24Br2N2O2/c1-16-7-5-6-10-22(16)28-24(29)19(14-27)11-18-12-20(25)13-21(26)23(18)30-15-17-8-3-2-4-9-17/h2-4,8-9,11-13,16,22H,5-7,10,15H2,1H3,(H,28,29)/b19-11+/t16-,22+/m0/s1. The smallest absolute Gasteiger partial charge is 0.262 e. The minimum Gasteiger partial charge on any atom is -0.487 e. The third kappa shape index (κ3) is 5.96. The number of hydrogen-bond acceptors (Lipinski definition) is 3. The summed E-state index contributed by atoms with van der Waals surface area (Å²) >= 11 is 7.02. The van der Waals surface area contributed by atoms with Gasteiger partial charge in [0, 0.05) is 16.1 Å². The summed E-state index contributed by atoms with van der Waals surface area (Å²) in [6, 6.07) is 15.8. The highest BCUT2D eigenvalue weighted by Gasteiger charge is 2.24. The number of nitriles is 1. The van der Waals surface area contributed by atoms with Crippen molar-refractivity contribution in [3.63, 3.8) is 0 Å². The number of nitrogens with one attached hydrogen (secondary N) is 1. The third-order valence-corrected chi connectivity index (χ3v) is 6.40. The number of halogens is 2. The lowest BCUT2D eigenvalue weighted by atomic mass is 9.86. The Morgan fingerprint density at radius 3 is 2.67 bits per heavy atom. The molecule has 1 N–H and O–H groups in total. The highest BCUT2D eigenvalue weighted by molar-refractivity contribution is 9.11. The largest absolute Gasteiger partial charge is 0.487 e. The van der Waals surface area contributed by atoms with Gasteiger partial charge in [-0.2, -0.15) is 5.26 Å². The van der Waals surface area contributed by atoms with Crippen molar-refractivity contribution < 1.29 is 9.53 Å². The van der Waals surface area contributed by atoms with Crippen LogP contribution in [0.25, 0.3) is 6.08 Å². The molecule has 1 amide bonds. The van der Waals surface area contributed by atoms with E-state index in [0.717, 1.165) is 33.8 Å². The van der Waals surface area contributed by atoms with Gasteiger partial charge in [0.25, 0.3) is 5.91 Å². The van der Waals surface area contributed by atoms with Gasteiger partial charge in [0.05, 0.1) is 4.47 Å². The van der Waals surface area contributed by atoms with E-state index in [-0.39, 0.29) is 17.5 Å². The van der Waals surface area contributed by atoms with Crippen molar-refractivity contribution >= 4 is 43.8 Å². The summed E-state index contributed by atoms with van der Waals surface area (Å²) < 4.78 is 7.62. The zero-order valence-corrected chi connectivity index (χ0v) is 20.0. The van der Waals surface area contributed by atoms with Crippen molar-refractivity contribution in [1.29, 1.82) is 5.26 Å². The number of hydrogen-bond donors (Lipinski definition) is 1. The molecule has 0 aliphatic heterocycles. The van der Waals surface area contributed by atoms with Gasteiger partial charge in [-0.05, 0) is 58.5 Å². The van der Waals surface area contributed by atoms with Crippen LogP contribution in [0.4, 0.5) is 0 Å². The fourth-order valence-corrected chi connectivity index (χ4v) is 5.02. The molecule has 0 radical (unpaired) electrons. The summed E-state index contributed by atoms with van der Waals surface area (Å²) in [7, 11) is 0. The van der Waals surface area contributed by atoms with Gasteiger partial charge in [0.2, 0.25) is 0 Å². The van der Waals surface area contributed by atoms with Crippen LogP contribution in [0.3, 0.4) is 0 Å². The molecule has 0 bridgehead atoms. The molecule has 0 spiro atoms. The molecule has 156 valence electrons. The molecule has 3 rings (SSSR count). The van der Waals surface area contributed by atoms with E-state index in [1.54, 1.807) is 6.08 Å². The molecule has 1 saturated carbocycles. The van der Waals surface area contributed by atoms with Gasteiger partial charge >= 0.3 is 0 Å². The Kier molecular flexibility index (Phi) is 8.12. The van der Waals surface area contributed by atoms with Crippen LogP contribution in [0.1, 0.15) is 43.7 Å². The van der Waals surface area contributed by atoms with Gasteiger partial charge < -0.3 is 10.1 Å². The van der Waals surface area contributed by atoms with Gasteiger partial charge in [0.15, 0.2) is 0 Å². The van der Waals surface area contributed by atoms with Gasteiger partial charge in [-0.1, -0.05) is 66.0 Å². The van der Waals surface area contributed by atoms with E-state index in [9.17, 15) is 10.1 Å². The molecule has 6 heteroatoms. The molecule has 0 heterocycles. The summed E-state index contributed by atoms with van der Waals surface area (Å²) in [6.07, 6.45) is 5.96. The first-order valence-electron chi connectivity index (χ1n) is 10.1. The van der Waals surface area contributed by atoms with Crippen LogP contribution in [0.2, 0.25) is 0 Å². The van der Waals surface area contributed by atoms with Crippen molar-refractivity contribution in [2.45, 2.75) is 45.3 Å². The second-order valence-corrected chi connectivity index (χ2v) is 9.36. The Labute approximate surface area is 194 Å². The van der Waals surface area contributed by atoms with E-state index in [2.05, 4.69) is 50.2 Å². The van der Waals surface area contributed by atoms with Crippen LogP contribution in [0.5, 0.6) is 5.75 Å². The SMILES string of the molecule is C[C@H]1CCCC[C@H]1NC(=O)/C(C#N)=C/c1cc(Br)cc(Br)c1OCc1ccccc1. The van der Waals surface area contributed by atoms with Crippen LogP contribution in [-0.4, -0.2) is 11.9 Å². The molecule has 0 unspecified atom stereocenters. The average molecular weight is 532 g/mol. The zero-order valence-electron chi connectivity index (χ0n) is 16.8. The molecule has 4 nitrogen and oxygen atoms in total. The van der Waals surface area contributed by atoms with Crippen LogP contribution in [0, 0.1) is 17.2 Å². The van der Waals surface area contributed by atoms with Crippen LogP contribution < -0.4 is 10.1 Å². The van der Waals surface area contributed by atoms with Crippen molar-refractivity contribution in [1.82, 2.24) is 5.32 Å². The average Bonchev–Trinajstić information content (AvgIpc) is 2.73. The minimum absolute atomic E-state index is 0.0716. The Morgan fingerprint density at radius 2 is 1.97 bits per heavy atom. The second-order valence-electron chi connectivity index (χ2n) is 7.59. The highest BCUT2D eigenvalue weighted by atomic mass is 79.9. The Morgan fingerprint density at radius 1 is 1.23 bits per heavy atom. The Balaban J connectivity index is 1.84. The number of amides is 1. The Hall–Kier alpha value is -2.10. The molecule has 30 heavy (non-hydrogen) atoms. The van der Waals surface area contributed by atoms with Crippen molar-refractivity contribution in [3.05, 3.63) is 68.1 Å². The maximum atomic E-state index is 12.8. The lowest BCUT2D eigenvalue weighted by Gasteiger charge is -2.29. The van der Waals surface area contributed by atoms with Crippen LogP contribution >= 0.6 is 31.9 Å². The number of carbonyl (C=O) groups excluding carboxylic acids is 1. The molecule has 2 atom stereocenters. The molecule has 1 aliphatic carbocycles. The molecular formula is C24H24Br2N2O2. The van der Waals surface area contributed by atoms with Gasteiger partial charge in [-0.15, -0.1) is 0 Å². The van der Waals surface area contributed by atoms with E-state index < -0.39 is 0 Å². The van der Waals surface area contributed by atoms with E-state index in [1.807, 2.05) is 42.5 Å². The van der Waals surface area contributed by atoms with Crippen molar-refractivity contribution in [2.24, 2.45) is 5.92 Å². The number of rotatable bonds is 6. The van der Waals surface area contributed by atoms with Crippen LogP contribution in [0.15, 0.2) is 57.0 Å². The zero-order chi connectivity index (χ0) is 21.5. The van der Waals surface area contributed by atoms with E-state index in [0.29, 0.717) is 23.8 Å². The predicted octanol–water partition coefficient (Wildman–Crippen LogP) is 6.39. The van der Waals surface area contributed by atoms with Gasteiger partial charge in [0.1, 0.15) is 24.0 Å². The summed E-state index contributed by atoms with van der Waals surface area (Å²) in [5.41, 5.74) is 1.77. The monoisotopic (exact) mass is 530 g/mol. The van der Waals surface area contributed by atoms with Crippen LogP contribution in [-0.2, 0) is 11.4 Å². The second kappa shape index (κ2) is 10.8. The first kappa shape index (κ1) is 22.6. The lowest BCUT2D eigenvalue weighted by Crippen LogP contribution is -2.41. The first-order chi connectivity index (χ1) is 14.5. The number of carbonyl (C=O) groups is 1. The summed E-state index contributed by atoms with van der Waals surface area (Å²) in [5.74, 6) is 0.683. The third-order valence-electron chi connectivity index (χ3n) is 5.36. The minimum atomic E-state index is -0.332. The van der Waals surface area contributed by atoms with E-state index in [1.165, 1.54) is 6.42 Å². The summed E-state index contributed by atoms with van der Waals surface area (Å²) in [5, 5.41) is 12.7. The summed E-state index contributed by atoms with van der Waals surface area (Å²) in [4.78, 5) is 12.8. The molecule has 1 fully saturated rings. The molecule has 1 aliphatic rings. The summed E-state index contributed by atoms with van der Waals surface area (Å²) in [6.45, 7) is 2.54. The van der Waals surface area contributed by atoms with Gasteiger partial charge in [-0.3, -0.25) is 4.79 Å². The maximum Gasteiger partial charge on any atom is 0.262 e. The van der Waals surface area contributed by atoms with Gasteiger partial charge in [-0.25, -0.2) is 0 Å². The fourth-order valence-electron chi connectivity index (χ4n) is 3.65. The van der Waals surface area contributed by atoms with Crippen molar-refractivity contribution in [2.75, 3.05) is 0 Å². The normalized spacial score (nSPS) is 19.1. The molecule has 2 aromatic carbocycles. The predicted molar refractivity (Wildman–Crippen MR) is 126 cm³/mol. The molecule has 2 aromatic rings. The highest BCUT2D eigenvalue weighted by Crippen LogP contribution is 2.35. The fraction of sp³-hybridized carbons (Fsp3) is 0.333. The molecule has 0 saturated heterocycles. The lowest BCUT2D eigenvalue weighted by molar-refractivity contribution is -0.118. The first-order valence-corrected chi connectivity index (χ1v) is 11.6. The van der Waals surface area contributed by atoms with E-state index >= 15 is 0 Å². The molecular weight excluding hydrogens is 508 g/mol. The molecule has 0 aromatic heterocycles. The maximum absolute atomic E-state index is 12.8. The van der Waals surface area contributed by atoms with E-state index in [4.69, 9.17) is 4.74 Å². The number of ether oxygens (including phenoxy) is 1.